The van der Waals surface area contributed by atoms with E-state index in [0.717, 1.165) is 5.56 Å². The van der Waals surface area contributed by atoms with Crippen molar-refractivity contribution in [1.82, 2.24) is 0 Å². The van der Waals surface area contributed by atoms with Gasteiger partial charge in [0.05, 0.1) is 10.6 Å². The lowest BCUT2D eigenvalue weighted by atomic mass is 10.1. The van der Waals surface area contributed by atoms with Crippen molar-refractivity contribution in [2.75, 3.05) is 4.72 Å². The van der Waals surface area contributed by atoms with E-state index < -0.39 is 20.0 Å². The lowest BCUT2D eigenvalue weighted by molar-refractivity contribution is 0.598. The Morgan fingerprint density at radius 2 is 1.43 bits per heavy atom. The Labute approximate surface area is 136 Å². The van der Waals surface area contributed by atoms with Gasteiger partial charge >= 0.3 is 0 Å². The maximum Gasteiger partial charge on any atom is 0.261 e. The second-order valence-electron chi connectivity index (χ2n) is 5.42. The topological polar surface area (TPSA) is 106 Å². The molecule has 8 heteroatoms. The molecular formula is C15H18N2O4S2. The van der Waals surface area contributed by atoms with Crippen LogP contribution in [0.4, 0.5) is 5.69 Å². The number of nitrogens with two attached hydrogens (primary N) is 1. The van der Waals surface area contributed by atoms with Gasteiger partial charge < -0.3 is 0 Å². The Kier molecular flexibility index (Phi) is 4.52. The summed E-state index contributed by atoms with van der Waals surface area (Å²) < 4.78 is 50.8. The van der Waals surface area contributed by atoms with Gasteiger partial charge in [-0.05, 0) is 50.1 Å². The summed E-state index contributed by atoms with van der Waals surface area (Å²) in [5.41, 5.74) is 2.04. The minimum Gasteiger partial charge on any atom is -0.278 e. The van der Waals surface area contributed by atoms with Gasteiger partial charge in [-0.1, -0.05) is 23.8 Å². The van der Waals surface area contributed by atoms with Crippen molar-refractivity contribution in [3.05, 3.63) is 53.1 Å². The van der Waals surface area contributed by atoms with Gasteiger partial charge in [0.2, 0.25) is 10.0 Å². The van der Waals surface area contributed by atoms with Crippen LogP contribution in [-0.4, -0.2) is 16.8 Å². The SMILES string of the molecule is Cc1ccc(S(=O)(=O)Nc2c(C)cc(C)cc2S(N)(=O)=O)cc1. The summed E-state index contributed by atoms with van der Waals surface area (Å²) in [6.07, 6.45) is 0. The summed E-state index contributed by atoms with van der Waals surface area (Å²) in [4.78, 5) is -0.200. The first-order valence-corrected chi connectivity index (χ1v) is 9.77. The first kappa shape index (κ1) is 17.5. The van der Waals surface area contributed by atoms with Gasteiger partial charge in [0.15, 0.2) is 0 Å². The Morgan fingerprint density at radius 1 is 0.870 bits per heavy atom. The average molecular weight is 354 g/mol. The number of hydrogen-bond donors (Lipinski definition) is 2. The van der Waals surface area contributed by atoms with E-state index in [1.54, 1.807) is 32.0 Å². The summed E-state index contributed by atoms with van der Waals surface area (Å²) in [7, 11) is -7.98. The van der Waals surface area contributed by atoms with Gasteiger partial charge in [0.1, 0.15) is 4.90 Å². The van der Waals surface area contributed by atoms with Gasteiger partial charge in [-0.25, -0.2) is 22.0 Å². The van der Waals surface area contributed by atoms with Crippen LogP contribution in [0.3, 0.4) is 0 Å². The lowest BCUT2D eigenvalue weighted by Gasteiger charge is -2.15. The first-order valence-electron chi connectivity index (χ1n) is 6.74. The monoisotopic (exact) mass is 354 g/mol. The highest BCUT2D eigenvalue weighted by Crippen LogP contribution is 2.28. The lowest BCUT2D eigenvalue weighted by Crippen LogP contribution is -2.20. The normalized spacial score (nSPS) is 12.2. The van der Waals surface area contributed by atoms with Crippen molar-refractivity contribution in [2.45, 2.75) is 30.6 Å². The van der Waals surface area contributed by atoms with E-state index >= 15 is 0 Å². The van der Waals surface area contributed by atoms with Crippen molar-refractivity contribution >= 4 is 25.7 Å². The molecule has 3 N–H and O–H groups in total. The number of primary sulfonamides is 1. The third-order valence-electron chi connectivity index (χ3n) is 3.32. The van der Waals surface area contributed by atoms with E-state index in [0.29, 0.717) is 11.1 Å². The zero-order chi connectivity index (χ0) is 17.4. The quantitative estimate of drug-likeness (QED) is 0.876. The summed E-state index contributed by atoms with van der Waals surface area (Å²) in [5.74, 6) is 0. The van der Waals surface area contributed by atoms with Crippen LogP contribution in [0, 0.1) is 20.8 Å². The highest BCUT2D eigenvalue weighted by molar-refractivity contribution is 7.93. The van der Waals surface area contributed by atoms with Crippen molar-refractivity contribution < 1.29 is 16.8 Å². The number of nitrogens with one attached hydrogen (secondary N) is 1. The molecule has 2 aromatic rings. The summed E-state index contributed by atoms with van der Waals surface area (Å²) in [6, 6.07) is 9.26. The maximum absolute atomic E-state index is 12.5. The standard InChI is InChI=1S/C15H18N2O4S2/c1-10-4-6-13(7-5-10)23(20,21)17-15-12(3)8-11(2)9-14(15)22(16,18)19/h4-9,17H,1-3H3,(H2,16,18,19). The molecule has 0 spiro atoms. The first-order chi connectivity index (χ1) is 10.5. The average Bonchev–Trinajstić information content (AvgIpc) is 2.41. The summed E-state index contributed by atoms with van der Waals surface area (Å²) in [6.45, 7) is 5.17. The minimum absolute atomic E-state index is 0.0290. The third-order valence-corrected chi connectivity index (χ3v) is 5.62. The molecule has 0 saturated heterocycles. The van der Waals surface area contributed by atoms with E-state index in [-0.39, 0.29) is 15.5 Å². The van der Waals surface area contributed by atoms with Crippen LogP contribution in [0.15, 0.2) is 46.2 Å². The van der Waals surface area contributed by atoms with Crippen LogP contribution in [0.25, 0.3) is 0 Å². The number of rotatable bonds is 4. The third kappa shape index (κ3) is 3.90. The largest absolute Gasteiger partial charge is 0.278 e. The number of benzene rings is 2. The fourth-order valence-corrected chi connectivity index (χ4v) is 4.26. The summed E-state index contributed by atoms with van der Waals surface area (Å²) >= 11 is 0. The Morgan fingerprint density at radius 3 is 1.96 bits per heavy atom. The fourth-order valence-electron chi connectivity index (χ4n) is 2.19. The fraction of sp³-hybridized carbons (Fsp3) is 0.200. The Balaban J connectivity index is 2.58. The molecule has 0 aliphatic heterocycles. The second kappa shape index (κ2) is 5.95. The molecule has 0 bridgehead atoms. The van der Waals surface area contributed by atoms with Gasteiger partial charge in [-0.2, -0.15) is 0 Å². The maximum atomic E-state index is 12.5. The Hall–Kier alpha value is -1.90. The predicted octanol–water partition coefficient (Wildman–Crippen LogP) is 2.06. The van der Waals surface area contributed by atoms with Gasteiger partial charge in [0, 0.05) is 0 Å². The number of anilines is 1. The van der Waals surface area contributed by atoms with Crippen LogP contribution >= 0.6 is 0 Å². The van der Waals surface area contributed by atoms with Crippen molar-refractivity contribution in [2.24, 2.45) is 5.14 Å². The van der Waals surface area contributed by atoms with E-state index in [1.165, 1.54) is 18.2 Å². The molecule has 6 nitrogen and oxygen atoms in total. The molecule has 0 radical (unpaired) electrons. The molecule has 124 valence electrons. The molecule has 0 amide bonds. The minimum atomic E-state index is -4.07. The zero-order valence-electron chi connectivity index (χ0n) is 13.0. The molecule has 0 aromatic heterocycles. The molecule has 0 aliphatic carbocycles. The molecule has 0 fully saturated rings. The molecule has 0 aliphatic rings. The van der Waals surface area contributed by atoms with Crippen molar-refractivity contribution in [3.63, 3.8) is 0 Å². The van der Waals surface area contributed by atoms with Crippen molar-refractivity contribution in [3.8, 4) is 0 Å². The van der Waals surface area contributed by atoms with E-state index in [2.05, 4.69) is 4.72 Å². The van der Waals surface area contributed by atoms with Gasteiger partial charge in [-0.15, -0.1) is 0 Å². The molecule has 2 rings (SSSR count). The predicted molar refractivity (Wildman–Crippen MR) is 89.3 cm³/mol. The van der Waals surface area contributed by atoms with E-state index in [4.69, 9.17) is 5.14 Å². The smallest absolute Gasteiger partial charge is 0.261 e. The highest BCUT2D eigenvalue weighted by Gasteiger charge is 2.22. The molecule has 2 aromatic carbocycles. The molecular weight excluding hydrogens is 336 g/mol. The number of aryl methyl sites for hydroxylation is 3. The van der Waals surface area contributed by atoms with E-state index in [1.807, 2.05) is 6.92 Å². The van der Waals surface area contributed by atoms with Crippen LogP contribution in [0.2, 0.25) is 0 Å². The molecule has 0 unspecified atom stereocenters. The molecule has 0 heterocycles. The molecule has 0 saturated carbocycles. The summed E-state index contributed by atoms with van der Waals surface area (Å²) in [5, 5.41) is 5.21. The van der Waals surface area contributed by atoms with Crippen LogP contribution in [-0.2, 0) is 20.0 Å². The second-order valence-corrected chi connectivity index (χ2v) is 8.63. The van der Waals surface area contributed by atoms with Crippen LogP contribution in [0.5, 0.6) is 0 Å². The Bertz CT molecular complexity index is 948. The van der Waals surface area contributed by atoms with E-state index in [9.17, 15) is 16.8 Å². The van der Waals surface area contributed by atoms with Gasteiger partial charge in [0.25, 0.3) is 10.0 Å². The number of sulfonamides is 2. The molecule has 23 heavy (non-hydrogen) atoms. The van der Waals surface area contributed by atoms with Crippen LogP contribution in [0.1, 0.15) is 16.7 Å². The molecule has 0 atom stereocenters. The van der Waals surface area contributed by atoms with Crippen molar-refractivity contribution in [1.29, 1.82) is 0 Å². The van der Waals surface area contributed by atoms with Crippen LogP contribution < -0.4 is 9.86 Å². The van der Waals surface area contributed by atoms with Gasteiger partial charge in [-0.3, -0.25) is 4.72 Å². The zero-order valence-corrected chi connectivity index (χ0v) is 14.6. The number of hydrogen-bond acceptors (Lipinski definition) is 4. The highest BCUT2D eigenvalue weighted by atomic mass is 32.2.